The van der Waals surface area contributed by atoms with E-state index in [1.54, 1.807) is 4.90 Å². The van der Waals surface area contributed by atoms with Crippen molar-refractivity contribution in [1.82, 2.24) is 19.8 Å². The molecule has 3 fully saturated rings. The predicted molar refractivity (Wildman–Crippen MR) is 141 cm³/mol. The molecule has 0 saturated carbocycles. The van der Waals surface area contributed by atoms with E-state index in [1.165, 1.54) is 11.9 Å². The molecule has 0 bridgehead atoms. The van der Waals surface area contributed by atoms with E-state index in [9.17, 15) is 31.1 Å². The summed E-state index contributed by atoms with van der Waals surface area (Å²) in [6, 6.07) is 8.66. The Morgan fingerprint density at radius 1 is 0.952 bits per heavy atom. The summed E-state index contributed by atoms with van der Waals surface area (Å²) in [5.74, 6) is 0. The van der Waals surface area contributed by atoms with Crippen LogP contribution >= 0.6 is 0 Å². The molecule has 2 aromatic carbocycles. The third-order valence-corrected chi connectivity index (χ3v) is 8.18. The van der Waals surface area contributed by atoms with Crippen LogP contribution in [0.15, 0.2) is 42.5 Å². The van der Waals surface area contributed by atoms with Gasteiger partial charge in [-0.1, -0.05) is 30.3 Å². The van der Waals surface area contributed by atoms with E-state index in [1.807, 2.05) is 36.3 Å². The van der Waals surface area contributed by atoms with E-state index >= 15 is 0 Å². The monoisotopic (exact) mass is 600 g/mol. The minimum Gasteiger partial charge on any atom is -0.379 e. The minimum absolute atomic E-state index is 0.0490. The Kier molecular flexibility index (Phi) is 8.75. The van der Waals surface area contributed by atoms with Crippen LogP contribution in [0.4, 0.5) is 31.1 Å². The van der Waals surface area contributed by atoms with Gasteiger partial charge in [0.25, 0.3) is 0 Å². The Morgan fingerprint density at radius 3 is 2.31 bits per heavy atom. The summed E-state index contributed by atoms with van der Waals surface area (Å²) in [5.41, 5.74) is -1.64. The lowest BCUT2D eigenvalue weighted by atomic mass is 9.89. The van der Waals surface area contributed by atoms with E-state index in [4.69, 9.17) is 9.57 Å². The second-order valence-electron chi connectivity index (χ2n) is 11.1. The van der Waals surface area contributed by atoms with Crippen molar-refractivity contribution in [2.45, 2.75) is 50.4 Å². The number of amides is 2. The fraction of sp³-hybridized carbons (Fsp3) is 0.552. The Balaban J connectivity index is 1.37. The van der Waals surface area contributed by atoms with E-state index in [-0.39, 0.29) is 30.3 Å². The number of piperazine rings is 1. The number of rotatable bonds is 5. The van der Waals surface area contributed by atoms with Crippen LogP contribution in [-0.2, 0) is 28.5 Å². The fourth-order valence-corrected chi connectivity index (χ4v) is 6.18. The first-order valence-corrected chi connectivity index (χ1v) is 13.9. The number of carbonyl (C=O) groups excluding carboxylic acids is 1. The molecule has 0 radical (unpaired) electrons. The van der Waals surface area contributed by atoms with E-state index in [0.717, 1.165) is 36.8 Å². The number of hydrogen-bond donors (Lipinski definition) is 0. The summed E-state index contributed by atoms with van der Waals surface area (Å²) >= 11 is 0. The maximum atomic E-state index is 13.9. The number of urea groups is 1. The molecule has 42 heavy (non-hydrogen) atoms. The van der Waals surface area contributed by atoms with Gasteiger partial charge in [-0.05, 0) is 42.2 Å². The molecule has 7 nitrogen and oxygen atoms in total. The first kappa shape index (κ1) is 30.6. The Morgan fingerprint density at radius 2 is 1.64 bits per heavy atom. The Labute approximate surface area is 240 Å². The van der Waals surface area contributed by atoms with Gasteiger partial charge < -0.3 is 14.5 Å². The molecule has 0 N–H and O–H groups in total. The van der Waals surface area contributed by atoms with Gasteiger partial charge >= 0.3 is 18.4 Å². The van der Waals surface area contributed by atoms with Gasteiger partial charge in [0.1, 0.15) is 0 Å². The number of hydrogen-bond acceptors (Lipinski definition) is 5. The number of benzene rings is 2. The Bertz CT molecular complexity index is 1270. The average molecular weight is 601 g/mol. The summed E-state index contributed by atoms with van der Waals surface area (Å²) in [4.78, 5) is 25.4. The quantitative estimate of drug-likeness (QED) is 0.434. The van der Waals surface area contributed by atoms with E-state index < -0.39 is 29.5 Å². The number of halogens is 6. The van der Waals surface area contributed by atoms with Crippen molar-refractivity contribution < 1.29 is 40.7 Å². The molecule has 3 saturated heterocycles. The number of aryl methyl sites for hydroxylation is 1. The lowest BCUT2D eigenvalue weighted by molar-refractivity contribution is -0.191. The van der Waals surface area contributed by atoms with Crippen LogP contribution in [0.1, 0.15) is 40.3 Å². The third kappa shape index (κ3) is 6.53. The molecule has 2 amide bonds. The molecule has 3 heterocycles. The highest BCUT2D eigenvalue weighted by atomic mass is 19.4. The first-order chi connectivity index (χ1) is 19.8. The number of carbonyl (C=O) groups is 1. The standard InChI is InChI=1S/C29H34F6N4O3/c1-19-5-3-4-6-22(19)26-25-16-21(18-37-11-13-41-14-12-37)42-39(25)10-9-38(26)27(40)36(2)17-20-7-8-23(28(30,31)32)24(15-20)29(33,34)35/h3-8,15,21,25-26H,9-14,16-18H2,1-2H3. The van der Waals surface area contributed by atoms with Crippen LogP contribution in [0.2, 0.25) is 0 Å². The van der Waals surface area contributed by atoms with Crippen molar-refractivity contribution in [2.24, 2.45) is 0 Å². The number of ether oxygens (including phenoxy) is 1. The second kappa shape index (κ2) is 12.0. The molecule has 2 aromatic rings. The fourth-order valence-electron chi connectivity index (χ4n) is 6.18. The van der Waals surface area contributed by atoms with E-state index in [0.29, 0.717) is 44.9 Å². The third-order valence-electron chi connectivity index (χ3n) is 8.18. The van der Waals surface area contributed by atoms with Crippen molar-refractivity contribution in [2.75, 3.05) is 53.0 Å². The molecule has 3 aliphatic rings. The number of nitrogens with zero attached hydrogens (tertiary/aromatic N) is 4. The van der Waals surface area contributed by atoms with Gasteiger partial charge in [-0.25, -0.2) is 4.79 Å². The van der Waals surface area contributed by atoms with Crippen LogP contribution in [0.25, 0.3) is 0 Å². The van der Waals surface area contributed by atoms with Crippen LogP contribution in [0, 0.1) is 6.92 Å². The van der Waals surface area contributed by atoms with Gasteiger partial charge in [0.15, 0.2) is 0 Å². The van der Waals surface area contributed by atoms with Gasteiger partial charge in [0.2, 0.25) is 0 Å². The molecule has 5 rings (SSSR count). The zero-order chi connectivity index (χ0) is 30.2. The van der Waals surface area contributed by atoms with Crippen LogP contribution < -0.4 is 0 Å². The molecule has 0 aliphatic carbocycles. The van der Waals surface area contributed by atoms with Crippen LogP contribution in [0.3, 0.4) is 0 Å². The van der Waals surface area contributed by atoms with Gasteiger partial charge in [-0.3, -0.25) is 9.74 Å². The lowest BCUT2D eigenvalue weighted by Gasteiger charge is -2.45. The number of alkyl halides is 6. The van der Waals surface area contributed by atoms with Crippen molar-refractivity contribution >= 4 is 6.03 Å². The van der Waals surface area contributed by atoms with Crippen molar-refractivity contribution in [3.05, 3.63) is 70.3 Å². The van der Waals surface area contributed by atoms with E-state index in [2.05, 4.69) is 4.90 Å². The van der Waals surface area contributed by atoms with Gasteiger partial charge in [-0.2, -0.15) is 31.4 Å². The molecule has 3 unspecified atom stereocenters. The average Bonchev–Trinajstić information content (AvgIpc) is 3.34. The normalized spacial score (nSPS) is 24.1. The van der Waals surface area contributed by atoms with Crippen molar-refractivity contribution in [3.8, 4) is 0 Å². The summed E-state index contributed by atoms with van der Waals surface area (Å²) in [5, 5.41) is 1.94. The summed E-state index contributed by atoms with van der Waals surface area (Å²) in [6.45, 7) is 6.15. The largest absolute Gasteiger partial charge is 0.417 e. The zero-order valence-corrected chi connectivity index (χ0v) is 23.4. The highest BCUT2D eigenvalue weighted by Crippen LogP contribution is 2.42. The highest BCUT2D eigenvalue weighted by molar-refractivity contribution is 5.75. The zero-order valence-electron chi connectivity index (χ0n) is 23.4. The number of fused-ring (bicyclic) bond motifs is 1. The van der Waals surface area contributed by atoms with Crippen LogP contribution in [-0.4, -0.2) is 90.9 Å². The molecule has 3 atom stereocenters. The van der Waals surface area contributed by atoms with Gasteiger partial charge in [-0.15, -0.1) is 0 Å². The first-order valence-electron chi connectivity index (χ1n) is 13.9. The number of morpholine rings is 1. The second-order valence-corrected chi connectivity index (χ2v) is 11.1. The summed E-state index contributed by atoms with van der Waals surface area (Å²) < 4.78 is 85.7. The molecule has 0 aromatic heterocycles. The highest BCUT2D eigenvalue weighted by Gasteiger charge is 2.48. The number of hydroxylamine groups is 2. The van der Waals surface area contributed by atoms with Crippen molar-refractivity contribution in [3.63, 3.8) is 0 Å². The summed E-state index contributed by atoms with van der Waals surface area (Å²) in [7, 11) is 1.45. The molecule has 230 valence electrons. The van der Waals surface area contributed by atoms with Crippen LogP contribution in [0.5, 0.6) is 0 Å². The SMILES string of the molecule is Cc1ccccc1C1C2CC(CN3CCOCC3)ON2CCN1C(=O)N(C)Cc1ccc(C(F)(F)F)c(C(F)(F)F)c1. The molecule has 3 aliphatic heterocycles. The Hall–Kier alpha value is -2.87. The molecule has 0 spiro atoms. The predicted octanol–water partition coefficient (Wildman–Crippen LogP) is 5.35. The summed E-state index contributed by atoms with van der Waals surface area (Å²) in [6.07, 6.45) is -9.75. The maximum absolute atomic E-state index is 13.9. The van der Waals surface area contributed by atoms with Gasteiger partial charge in [0.05, 0.1) is 42.5 Å². The van der Waals surface area contributed by atoms with Gasteiger partial charge in [0, 0.05) is 46.3 Å². The molecular weight excluding hydrogens is 566 g/mol. The van der Waals surface area contributed by atoms with Crippen molar-refractivity contribution in [1.29, 1.82) is 0 Å². The minimum atomic E-state index is -5.20. The topological polar surface area (TPSA) is 48.5 Å². The maximum Gasteiger partial charge on any atom is 0.417 e. The molecule has 13 heteroatoms. The smallest absolute Gasteiger partial charge is 0.379 e. The molecular formula is C29H34F6N4O3. The lowest BCUT2D eigenvalue weighted by Crippen LogP contribution is -2.56.